The number of hydrogen-bond donors (Lipinski definition) is 0. The topological polar surface area (TPSA) is 49.2 Å². The fraction of sp³-hybridized carbons (Fsp3) is 0.286. The Morgan fingerprint density at radius 3 is 2.89 bits per heavy atom. The molecule has 0 N–H and O–H groups in total. The van der Waals surface area contributed by atoms with Crippen LogP contribution in [0.2, 0.25) is 0 Å². The maximum Gasteiger partial charge on any atom is 0.101 e. The zero-order valence-electron chi connectivity index (χ0n) is 9.97. The Labute approximate surface area is 105 Å². The number of fused-ring (bicyclic) bond motifs is 1. The minimum atomic E-state index is 0.599. The molecule has 1 aromatic carbocycles. The van der Waals surface area contributed by atoms with Crippen LogP contribution >= 0.6 is 0 Å². The van der Waals surface area contributed by atoms with Crippen molar-refractivity contribution in [3.63, 3.8) is 0 Å². The summed E-state index contributed by atoms with van der Waals surface area (Å²) in [6, 6.07) is 10.1. The number of morpholine rings is 1. The molecule has 2 aromatic rings. The molecule has 0 unspecified atom stereocenters. The maximum atomic E-state index is 8.90. The van der Waals surface area contributed by atoms with Gasteiger partial charge in [-0.05, 0) is 12.1 Å². The van der Waals surface area contributed by atoms with Gasteiger partial charge in [0.2, 0.25) is 0 Å². The lowest BCUT2D eigenvalue weighted by Crippen LogP contribution is -2.36. The van der Waals surface area contributed by atoms with Gasteiger partial charge < -0.3 is 9.64 Å². The maximum absolute atomic E-state index is 8.90. The van der Waals surface area contributed by atoms with Crippen LogP contribution in [-0.4, -0.2) is 31.3 Å². The Hall–Kier alpha value is -2.12. The summed E-state index contributed by atoms with van der Waals surface area (Å²) < 4.78 is 5.36. The summed E-state index contributed by atoms with van der Waals surface area (Å²) in [5, 5.41) is 9.91. The number of para-hydroxylation sites is 1. The molecule has 3 rings (SSSR count). The number of pyridine rings is 1. The average molecular weight is 239 g/mol. The van der Waals surface area contributed by atoms with Crippen molar-refractivity contribution in [3.8, 4) is 6.07 Å². The summed E-state index contributed by atoms with van der Waals surface area (Å²) in [6.45, 7) is 3.29. The summed E-state index contributed by atoms with van der Waals surface area (Å²) in [4.78, 5) is 6.70. The van der Waals surface area contributed by atoms with Crippen LogP contribution in [0.3, 0.4) is 0 Å². The van der Waals surface area contributed by atoms with Gasteiger partial charge in [-0.25, -0.2) is 0 Å². The van der Waals surface area contributed by atoms with Crippen LogP contribution in [0.5, 0.6) is 0 Å². The highest BCUT2D eigenvalue weighted by atomic mass is 16.5. The predicted octanol–water partition coefficient (Wildman–Crippen LogP) is 1.94. The number of benzene rings is 1. The molecular formula is C14H13N3O. The monoisotopic (exact) mass is 239 g/mol. The predicted molar refractivity (Wildman–Crippen MR) is 69.5 cm³/mol. The number of aromatic nitrogens is 1. The highest BCUT2D eigenvalue weighted by Crippen LogP contribution is 2.26. The molecule has 1 aliphatic heterocycles. The van der Waals surface area contributed by atoms with E-state index in [0.717, 1.165) is 42.9 Å². The van der Waals surface area contributed by atoms with Crippen LogP contribution in [0, 0.1) is 11.3 Å². The van der Waals surface area contributed by atoms with Crippen LogP contribution in [0.4, 0.5) is 5.69 Å². The second-order valence-electron chi connectivity index (χ2n) is 4.28. The van der Waals surface area contributed by atoms with E-state index in [1.165, 1.54) is 0 Å². The number of nitriles is 1. The number of rotatable bonds is 1. The van der Waals surface area contributed by atoms with E-state index < -0.39 is 0 Å². The molecule has 90 valence electrons. The van der Waals surface area contributed by atoms with Crippen LogP contribution in [0.15, 0.2) is 30.5 Å². The third-order valence-electron chi connectivity index (χ3n) is 3.17. The zero-order chi connectivity index (χ0) is 12.4. The fourth-order valence-corrected chi connectivity index (χ4v) is 2.27. The molecule has 0 amide bonds. The molecule has 0 atom stereocenters. The Bertz CT molecular complexity index is 612. The van der Waals surface area contributed by atoms with Crippen molar-refractivity contribution in [1.82, 2.24) is 4.98 Å². The first-order valence-corrected chi connectivity index (χ1v) is 6.00. The Morgan fingerprint density at radius 1 is 1.28 bits per heavy atom. The van der Waals surface area contributed by atoms with Crippen molar-refractivity contribution in [2.45, 2.75) is 0 Å². The SMILES string of the molecule is N#Cc1cnc2c(N3CCOCC3)cccc2c1. The molecule has 0 spiro atoms. The third kappa shape index (κ3) is 1.89. The molecule has 0 radical (unpaired) electrons. The average Bonchev–Trinajstić information content (AvgIpc) is 2.47. The molecule has 1 fully saturated rings. The Morgan fingerprint density at radius 2 is 2.11 bits per heavy atom. The van der Waals surface area contributed by atoms with Gasteiger partial charge in [-0.1, -0.05) is 12.1 Å². The number of ether oxygens (including phenoxy) is 1. The largest absolute Gasteiger partial charge is 0.378 e. The summed E-state index contributed by atoms with van der Waals surface area (Å²) >= 11 is 0. The normalized spacial score (nSPS) is 15.6. The quantitative estimate of drug-likeness (QED) is 0.763. The van der Waals surface area contributed by atoms with Gasteiger partial charge in [0, 0.05) is 24.7 Å². The first-order valence-electron chi connectivity index (χ1n) is 6.00. The summed E-state index contributed by atoms with van der Waals surface area (Å²) in [5.41, 5.74) is 2.68. The molecule has 4 heteroatoms. The molecule has 0 saturated carbocycles. The van der Waals surface area contributed by atoms with Crippen molar-refractivity contribution in [1.29, 1.82) is 5.26 Å². The van der Waals surface area contributed by atoms with E-state index in [4.69, 9.17) is 10.00 Å². The van der Waals surface area contributed by atoms with Gasteiger partial charge in [0.05, 0.1) is 30.0 Å². The minimum absolute atomic E-state index is 0.599. The van der Waals surface area contributed by atoms with Crippen LogP contribution in [0.25, 0.3) is 10.9 Å². The molecule has 1 saturated heterocycles. The molecule has 2 heterocycles. The van der Waals surface area contributed by atoms with Crippen molar-refractivity contribution in [3.05, 3.63) is 36.0 Å². The minimum Gasteiger partial charge on any atom is -0.378 e. The number of hydrogen-bond acceptors (Lipinski definition) is 4. The van der Waals surface area contributed by atoms with E-state index in [1.54, 1.807) is 6.20 Å². The van der Waals surface area contributed by atoms with Crippen LogP contribution in [0.1, 0.15) is 5.56 Å². The standard InChI is InChI=1S/C14H13N3O/c15-9-11-8-12-2-1-3-13(14(12)16-10-11)17-4-6-18-7-5-17/h1-3,8,10H,4-7H2. The van der Waals surface area contributed by atoms with Crippen LogP contribution in [-0.2, 0) is 4.74 Å². The van der Waals surface area contributed by atoms with E-state index in [2.05, 4.69) is 22.0 Å². The number of anilines is 1. The lowest BCUT2D eigenvalue weighted by Gasteiger charge is -2.29. The zero-order valence-corrected chi connectivity index (χ0v) is 9.97. The van der Waals surface area contributed by atoms with E-state index in [0.29, 0.717) is 5.56 Å². The Balaban J connectivity index is 2.09. The second-order valence-corrected chi connectivity index (χ2v) is 4.28. The molecular weight excluding hydrogens is 226 g/mol. The fourth-order valence-electron chi connectivity index (χ4n) is 2.27. The number of nitrogens with zero attached hydrogens (tertiary/aromatic N) is 3. The third-order valence-corrected chi connectivity index (χ3v) is 3.17. The summed E-state index contributed by atoms with van der Waals surface area (Å²) in [6.07, 6.45) is 1.63. The van der Waals surface area contributed by atoms with Gasteiger partial charge in [0.1, 0.15) is 6.07 Å². The van der Waals surface area contributed by atoms with E-state index in [1.807, 2.05) is 18.2 Å². The highest BCUT2D eigenvalue weighted by molar-refractivity contribution is 5.91. The lowest BCUT2D eigenvalue weighted by atomic mass is 10.1. The molecule has 1 aromatic heterocycles. The Kier molecular flexibility index (Phi) is 2.83. The first kappa shape index (κ1) is 11.0. The molecule has 4 nitrogen and oxygen atoms in total. The van der Waals surface area contributed by atoms with Crippen LogP contribution < -0.4 is 4.90 Å². The van der Waals surface area contributed by atoms with Crippen molar-refractivity contribution in [2.24, 2.45) is 0 Å². The lowest BCUT2D eigenvalue weighted by molar-refractivity contribution is 0.123. The smallest absolute Gasteiger partial charge is 0.101 e. The van der Waals surface area contributed by atoms with E-state index in [9.17, 15) is 0 Å². The molecule has 0 aliphatic carbocycles. The summed E-state index contributed by atoms with van der Waals surface area (Å²) in [7, 11) is 0. The first-order chi connectivity index (χ1) is 8.88. The van der Waals surface area contributed by atoms with Crippen molar-refractivity contribution >= 4 is 16.6 Å². The molecule has 1 aliphatic rings. The van der Waals surface area contributed by atoms with Gasteiger partial charge >= 0.3 is 0 Å². The van der Waals surface area contributed by atoms with E-state index in [-0.39, 0.29) is 0 Å². The van der Waals surface area contributed by atoms with Gasteiger partial charge in [-0.3, -0.25) is 4.98 Å². The molecule has 0 bridgehead atoms. The van der Waals surface area contributed by atoms with E-state index >= 15 is 0 Å². The van der Waals surface area contributed by atoms with Crippen molar-refractivity contribution in [2.75, 3.05) is 31.2 Å². The van der Waals surface area contributed by atoms with Gasteiger partial charge in [-0.2, -0.15) is 5.26 Å². The second kappa shape index (κ2) is 4.63. The van der Waals surface area contributed by atoms with Gasteiger partial charge in [-0.15, -0.1) is 0 Å². The molecule has 18 heavy (non-hydrogen) atoms. The highest BCUT2D eigenvalue weighted by Gasteiger charge is 2.14. The van der Waals surface area contributed by atoms with Gasteiger partial charge in [0.25, 0.3) is 0 Å². The van der Waals surface area contributed by atoms with Gasteiger partial charge in [0.15, 0.2) is 0 Å². The summed E-state index contributed by atoms with van der Waals surface area (Å²) in [5.74, 6) is 0. The van der Waals surface area contributed by atoms with Crippen molar-refractivity contribution < 1.29 is 4.74 Å².